The van der Waals surface area contributed by atoms with Crippen molar-refractivity contribution in [3.05, 3.63) is 42.0 Å². The van der Waals surface area contributed by atoms with Crippen molar-refractivity contribution in [1.82, 2.24) is 9.62 Å². The third-order valence-electron chi connectivity index (χ3n) is 7.36. The van der Waals surface area contributed by atoms with Gasteiger partial charge in [0.05, 0.1) is 32.3 Å². The van der Waals surface area contributed by atoms with Crippen LogP contribution in [0.5, 0.6) is 17.2 Å². The van der Waals surface area contributed by atoms with Crippen LogP contribution in [-0.2, 0) is 19.6 Å². The summed E-state index contributed by atoms with van der Waals surface area (Å²) < 4.78 is 50.0. The van der Waals surface area contributed by atoms with Crippen molar-refractivity contribution in [2.24, 2.45) is 5.92 Å². The number of nitrogens with zero attached hydrogens (tertiary/aromatic N) is 1. The van der Waals surface area contributed by atoms with Crippen molar-refractivity contribution >= 4 is 21.6 Å². The monoisotopic (exact) mass is 561 g/mol. The van der Waals surface area contributed by atoms with E-state index in [2.05, 4.69) is 17.6 Å². The SMILES string of the molecule is COc1cc([C@@H](Nc2ccc(S(=O)(=O)N3CCC(C)CC3)cc2)C(=O)NC[C@H]2CCCO2)cc(OC)c1OC. The van der Waals surface area contributed by atoms with Gasteiger partial charge in [-0.2, -0.15) is 4.31 Å². The third kappa shape index (κ3) is 6.77. The van der Waals surface area contributed by atoms with Crippen LogP contribution in [0.15, 0.2) is 41.3 Å². The smallest absolute Gasteiger partial charge is 0.247 e. The molecule has 2 fully saturated rings. The second-order valence-electron chi connectivity index (χ2n) is 10.0. The molecule has 10 nitrogen and oxygen atoms in total. The second-order valence-corrected chi connectivity index (χ2v) is 12.0. The first-order chi connectivity index (χ1) is 18.8. The van der Waals surface area contributed by atoms with Gasteiger partial charge in [-0.25, -0.2) is 8.42 Å². The summed E-state index contributed by atoms with van der Waals surface area (Å²) in [6.45, 7) is 4.29. The lowest BCUT2D eigenvalue weighted by Gasteiger charge is -2.29. The highest BCUT2D eigenvalue weighted by Crippen LogP contribution is 2.40. The van der Waals surface area contributed by atoms with E-state index in [9.17, 15) is 13.2 Å². The molecule has 2 N–H and O–H groups in total. The zero-order chi connectivity index (χ0) is 28.0. The molecule has 2 heterocycles. The maximum Gasteiger partial charge on any atom is 0.247 e. The Morgan fingerprint density at radius 3 is 2.21 bits per heavy atom. The summed E-state index contributed by atoms with van der Waals surface area (Å²) in [5.41, 5.74) is 1.18. The number of benzene rings is 2. The molecule has 2 saturated heterocycles. The normalized spacial score (nSPS) is 19.3. The Hall–Kier alpha value is -3.02. The first-order valence-electron chi connectivity index (χ1n) is 13.3. The summed E-state index contributed by atoms with van der Waals surface area (Å²) in [6.07, 6.45) is 3.57. The number of anilines is 1. The number of carbonyl (C=O) groups is 1. The fourth-order valence-corrected chi connectivity index (χ4v) is 6.42. The van der Waals surface area contributed by atoms with E-state index in [1.807, 2.05) is 0 Å². The van der Waals surface area contributed by atoms with Crippen LogP contribution in [0.3, 0.4) is 0 Å². The van der Waals surface area contributed by atoms with Gasteiger partial charge in [0.2, 0.25) is 21.7 Å². The van der Waals surface area contributed by atoms with Crippen molar-refractivity contribution in [1.29, 1.82) is 0 Å². The highest BCUT2D eigenvalue weighted by Gasteiger charge is 2.29. The van der Waals surface area contributed by atoms with E-state index in [0.29, 0.717) is 60.7 Å². The first-order valence-corrected chi connectivity index (χ1v) is 14.8. The molecule has 4 rings (SSSR count). The molecule has 0 aromatic heterocycles. The number of sulfonamides is 1. The van der Waals surface area contributed by atoms with Gasteiger partial charge in [0.25, 0.3) is 0 Å². The Bertz CT molecular complexity index is 1200. The molecule has 0 unspecified atom stereocenters. The molecule has 2 atom stereocenters. The second kappa shape index (κ2) is 12.9. The number of hydrogen-bond donors (Lipinski definition) is 2. The lowest BCUT2D eigenvalue weighted by Crippen LogP contribution is -2.38. The van der Waals surface area contributed by atoms with Crippen LogP contribution in [0.2, 0.25) is 0 Å². The van der Waals surface area contributed by atoms with Crippen LogP contribution in [0.4, 0.5) is 5.69 Å². The number of piperidine rings is 1. The van der Waals surface area contributed by atoms with Gasteiger partial charge >= 0.3 is 0 Å². The quantitative estimate of drug-likeness (QED) is 0.428. The fraction of sp³-hybridized carbons (Fsp3) is 0.536. The van der Waals surface area contributed by atoms with Crippen LogP contribution in [0.25, 0.3) is 0 Å². The topological polar surface area (TPSA) is 115 Å². The van der Waals surface area contributed by atoms with E-state index in [-0.39, 0.29) is 16.9 Å². The van der Waals surface area contributed by atoms with Crippen LogP contribution >= 0.6 is 0 Å². The highest BCUT2D eigenvalue weighted by molar-refractivity contribution is 7.89. The van der Waals surface area contributed by atoms with Crippen LogP contribution < -0.4 is 24.8 Å². The zero-order valence-electron chi connectivity index (χ0n) is 23.1. The molecule has 0 aliphatic carbocycles. The van der Waals surface area contributed by atoms with Gasteiger partial charge < -0.3 is 29.6 Å². The lowest BCUT2D eigenvalue weighted by atomic mass is 10.0. The Morgan fingerprint density at radius 2 is 1.67 bits per heavy atom. The molecule has 2 aromatic carbocycles. The molecular weight excluding hydrogens is 522 g/mol. The summed E-state index contributed by atoms with van der Waals surface area (Å²) in [4.78, 5) is 13.7. The molecule has 39 heavy (non-hydrogen) atoms. The standard InChI is InChI=1S/C28H39N3O7S/c1-19-11-13-31(14-12-19)39(33,34)23-9-7-21(8-10-23)30-26(28(32)29-18-22-6-5-15-38-22)20-16-24(35-2)27(37-4)25(17-20)36-3/h7-10,16-17,19,22,26,30H,5-6,11-15,18H2,1-4H3,(H,29,32)/t22-,26-/m1/s1. The molecule has 11 heteroatoms. The van der Waals surface area contributed by atoms with Crippen molar-refractivity contribution in [2.75, 3.05) is 52.9 Å². The largest absolute Gasteiger partial charge is 0.493 e. The first kappa shape index (κ1) is 29.0. The number of methoxy groups -OCH3 is 3. The number of ether oxygens (including phenoxy) is 4. The van der Waals surface area contributed by atoms with Crippen LogP contribution in [0, 0.1) is 5.92 Å². The van der Waals surface area contributed by atoms with Gasteiger partial charge in [0.1, 0.15) is 6.04 Å². The zero-order valence-corrected chi connectivity index (χ0v) is 23.9. The molecule has 0 bridgehead atoms. The molecule has 0 saturated carbocycles. The van der Waals surface area contributed by atoms with Gasteiger partial charge in [-0.1, -0.05) is 6.92 Å². The van der Waals surface area contributed by atoms with E-state index in [0.717, 1.165) is 25.7 Å². The van der Waals surface area contributed by atoms with Crippen LogP contribution in [-0.4, -0.2) is 72.3 Å². The summed E-state index contributed by atoms with van der Waals surface area (Å²) in [7, 11) is 0.975. The van der Waals surface area contributed by atoms with E-state index in [4.69, 9.17) is 18.9 Å². The van der Waals surface area contributed by atoms with Crippen molar-refractivity contribution in [3.8, 4) is 17.2 Å². The molecule has 2 aliphatic heterocycles. The van der Waals surface area contributed by atoms with Gasteiger partial charge in [-0.15, -0.1) is 0 Å². The number of hydrogen-bond acceptors (Lipinski definition) is 8. The van der Waals surface area contributed by atoms with E-state index in [1.165, 1.54) is 21.3 Å². The predicted molar refractivity (Wildman–Crippen MR) is 148 cm³/mol. The van der Waals surface area contributed by atoms with E-state index < -0.39 is 16.1 Å². The Labute approximate surface area is 231 Å². The minimum Gasteiger partial charge on any atom is -0.493 e. The fourth-order valence-electron chi connectivity index (χ4n) is 4.95. The number of carbonyl (C=O) groups excluding carboxylic acids is 1. The molecule has 2 aromatic rings. The molecular formula is C28H39N3O7S. The Morgan fingerprint density at radius 1 is 1.03 bits per heavy atom. The molecule has 1 amide bonds. The van der Waals surface area contributed by atoms with Gasteiger partial charge in [-0.3, -0.25) is 4.79 Å². The molecule has 2 aliphatic rings. The maximum absolute atomic E-state index is 13.5. The summed E-state index contributed by atoms with van der Waals surface area (Å²) >= 11 is 0. The highest BCUT2D eigenvalue weighted by atomic mass is 32.2. The van der Waals surface area contributed by atoms with Gasteiger partial charge in [0, 0.05) is 31.9 Å². The Kier molecular flexibility index (Phi) is 9.58. The maximum atomic E-state index is 13.5. The van der Waals surface area contributed by atoms with Crippen molar-refractivity contribution in [2.45, 2.75) is 49.6 Å². The average Bonchev–Trinajstić information content (AvgIpc) is 3.48. The third-order valence-corrected chi connectivity index (χ3v) is 9.27. The molecule has 214 valence electrons. The summed E-state index contributed by atoms with van der Waals surface area (Å²) in [6, 6.07) is 9.13. The minimum atomic E-state index is -3.58. The van der Waals surface area contributed by atoms with Gasteiger partial charge in [-0.05, 0) is 73.6 Å². The van der Waals surface area contributed by atoms with Crippen molar-refractivity contribution in [3.63, 3.8) is 0 Å². The summed E-state index contributed by atoms with van der Waals surface area (Å²) in [5.74, 6) is 1.52. The number of nitrogens with one attached hydrogen (secondary N) is 2. The molecule has 0 radical (unpaired) electrons. The van der Waals surface area contributed by atoms with Crippen LogP contribution in [0.1, 0.15) is 44.2 Å². The van der Waals surface area contributed by atoms with E-state index in [1.54, 1.807) is 40.7 Å². The average molecular weight is 562 g/mol. The van der Waals surface area contributed by atoms with Crippen molar-refractivity contribution < 1.29 is 32.2 Å². The Balaban J connectivity index is 1.59. The lowest BCUT2D eigenvalue weighted by molar-refractivity contribution is -0.122. The minimum absolute atomic E-state index is 0.0168. The number of amides is 1. The van der Waals surface area contributed by atoms with Gasteiger partial charge in [0.15, 0.2) is 11.5 Å². The summed E-state index contributed by atoms with van der Waals surface area (Å²) in [5, 5.41) is 6.25. The van der Waals surface area contributed by atoms with E-state index >= 15 is 0 Å². The predicted octanol–water partition coefficient (Wildman–Crippen LogP) is 3.58. The molecule has 0 spiro atoms. The number of rotatable bonds is 11.